The first-order valence-electron chi connectivity index (χ1n) is 11.8. The number of halogens is 4. The Kier molecular flexibility index (Phi) is 9.75. The van der Waals surface area contributed by atoms with Crippen LogP contribution < -0.4 is 20.9 Å². The number of pyridine rings is 1. The van der Waals surface area contributed by atoms with Gasteiger partial charge in [-0.25, -0.2) is 14.2 Å². The zero-order valence-electron chi connectivity index (χ0n) is 22.4. The first kappa shape index (κ1) is 31.0. The number of rotatable bonds is 8. The summed E-state index contributed by atoms with van der Waals surface area (Å²) in [5.74, 6) is -3.05. The number of carbonyl (C=O) groups is 2. The van der Waals surface area contributed by atoms with Gasteiger partial charge in [-0.05, 0) is 30.3 Å². The smallest absolute Gasteiger partial charge is 0.475 e. The minimum Gasteiger partial charge on any atom is -0.475 e. The van der Waals surface area contributed by atoms with E-state index in [0.29, 0.717) is 22.8 Å². The number of carboxylic acids is 1. The maximum atomic E-state index is 14.7. The van der Waals surface area contributed by atoms with Crippen LogP contribution in [0, 0.1) is 5.82 Å². The number of benzene rings is 1. The summed E-state index contributed by atoms with van der Waals surface area (Å²) in [7, 11) is 5.62. The van der Waals surface area contributed by atoms with Gasteiger partial charge in [0.25, 0.3) is 0 Å². The molecule has 0 aliphatic rings. The number of aryl methyl sites for hydroxylation is 1. The number of aromatic nitrogens is 5. The highest BCUT2D eigenvalue weighted by Gasteiger charge is 2.38. The lowest BCUT2D eigenvalue weighted by Crippen LogP contribution is -2.21. The molecule has 1 amide bonds. The van der Waals surface area contributed by atoms with Crippen molar-refractivity contribution in [2.45, 2.75) is 6.18 Å². The van der Waals surface area contributed by atoms with Crippen molar-refractivity contribution in [3.05, 3.63) is 73.7 Å². The zero-order chi connectivity index (χ0) is 31.0. The van der Waals surface area contributed by atoms with Crippen LogP contribution >= 0.6 is 0 Å². The Labute approximate surface area is 236 Å². The van der Waals surface area contributed by atoms with E-state index in [1.807, 2.05) is 25.1 Å². The molecule has 0 unspecified atom stereocenters. The molecular formula is C26H25F4N9O3. The van der Waals surface area contributed by atoms with E-state index in [0.717, 1.165) is 17.3 Å². The summed E-state index contributed by atoms with van der Waals surface area (Å²) in [5, 5.41) is 20.0. The highest BCUT2D eigenvalue weighted by Crippen LogP contribution is 2.32. The van der Waals surface area contributed by atoms with E-state index in [2.05, 4.69) is 42.6 Å². The Bertz CT molecular complexity index is 1590. The molecule has 0 bridgehead atoms. The largest absolute Gasteiger partial charge is 0.490 e. The molecule has 3 aromatic heterocycles. The number of nitrogens with zero attached hydrogens (tertiary/aromatic N) is 6. The van der Waals surface area contributed by atoms with Gasteiger partial charge in [0.15, 0.2) is 0 Å². The van der Waals surface area contributed by atoms with Crippen LogP contribution in [-0.4, -0.2) is 62.0 Å². The Morgan fingerprint density at radius 2 is 1.79 bits per heavy atom. The van der Waals surface area contributed by atoms with Gasteiger partial charge in [0.05, 0.1) is 29.5 Å². The number of carboxylic acid groups (broad SMARTS) is 1. The average molecular weight is 588 g/mol. The SMILES string of the molecule is C=CC(=O)Nc1ccc(F)c(Nc2nc(Nc3cnn(C)c3)ncc2-c2cncc(N(C)C)c2)c1.O=C(O)C(F)(F)F. The van der Waals surface area contributed by atoms with Crippen molar-refractivity contribution in [3.8, 4) is 11.1 Å². The molecule has 42 heavy (non-hydrogen) atoms. The summed E-state index contributed by atoms with van der Waals surface area (Å²) < 4.78 is 48.1. The molecule has 0 atom stereocenters. The van der Waals surface area contributed by atoms with Crippen LogP contribution in [0.2, 0.25) is 0 Å². The van der Waals surface area contributed by atoms with Gasteiger partial charge in [-0.3, -0.25) is 14.5 Å². The number of alkyl halides is 3. The first-order chi connectivity index (χ1) is 19.8. The molecular weight excluding hydrogens is 562 g/mol. The molecule has 3 heterocycles. The molecule has 1 aromatic carbocycles. The molecule has 220 valence electrons. The molecule has 4 N–H and O–H groups in total. The molecule has 12 nitrogen and oxygen atoms in total. The monoisotopic (exact) mass is 587 g/mol. The molecule has 0 saturated heterocycles. The lowest BCUT2D eigenvalue weighted by molar-refractivity contribution is -0.192. The molecule has 0 fully saturated rings. The molecule has 4 aromatic rings. The van der Waals surface area contributed by atoms with Crippen LogP contribution in [0.5, 0.6) is 0 Å². The van der Waals surface area contributed by atoms with E-state index in [4.69, 9.17) is 9.90 Å². The molecule has 0 aliphatic carbocycles. The van der Waals surface area contributed by atoms with E-state index >= 15 is 0 Å². The fraction of sp³-hybridized carbons (Fsp3) is 0.154. The van der Waals surface area contributed by atoms with E-state index < -0.39 is 23.9 Å². The lowest BCUT2D eigenvalue weighted by Gasteiger charge is -2.16. The fourth-order valence-electron chi connectivity index (χ4n) is 3.20. The summed E-state index contributed by atoms with van der Waals surface area (Å²) in [4.78, 5) is 35.8. The maximum Gasteiger partial charge on any atom is 0.490 e. The Hall–Kier alpha value is -5.54. The number of amides is 1. The topological polar surface area (TPSA) is 150 Å². The Morgan fingerprint density at radius 1 is 1.07 bits per heavy atom. The molecule has 0 saturated carbocycles. The second-order valence-corrected chi connectivity index (χ2v) is 8.63. The number of carbonyl (C=O) groups excluding carboxylic acids is 1. The quantitative estimate of drug-likeness (QED) is 0.168. The van der Waals surface area contributed by atoms with Crippen molar-refractivity contribution in [1.82, 2.24) is 24.7 Å². The van der Waals surface area contributed by atoms with Crippen LogP contribution in [0.4, 0.5) is 52.1 Å². The maximum absolute atomic E-state index is 14.7. The first-order valence-corrected chi connectivity index (χ1v) is 11.8. The standard InChI is InChI=1S/C24H24FN9O.C2HF3O2/c1-5-22(35)29-16-6-7-20(25)21(9-16)31-23-19(15-8-18(33(2)3)12-26-10-15)13-27-24(32-23)30-17-11-28-34(4)14-17;3-2(4,5)1(6)7/h5-14H,1H2,2-4H3,(H,29,35)(H2,27,30,31,32);(H,6,7). The van der Waals surface area contributed by atoms with Gasteiger partial charge in [-0.2, -0.15) is 23.3 Å². The van der Waals surface area contributed by atoms with E-state index in [1.54, 1.807) is 42.7 Å². The molecule has 0 radical (unpaired) electrons. The lowest BCUT2D eigenvalue weighted by atomic mass is 10.1. The van der Waals surface area contributed by atoms with Crippen molar-refractivity contribution in [2.24, 2.45) is 7.05 Å². The van der Waals surface area contributed by atoms with Gasteiger partial charge in [0, 0.05) is 56.5 Å². The minimum absolute atomic E-state index is 0.121. The fourth-order valence-corrected chi connectivity index (χ4v) is 3.20. The summed E-state index contributed by atoms with van der Waals surface area (Å²) in [6.07, 6.45) is 4.52. The number of hydrogen-bond donors (Lipinski definition) is 4. The van der Waals surface area contributed by atoms with Gasteiger partial charge in [0.1, 0.15) is 11.6 Å². The van der Waals surface area contributed by atoms with E-state index in [-0.39, 0.29) is 11.6 Å². The minimum atomic E-state index is -5.08. The van der Waals surface area contributed by atoms with E-state index in [1.165, 1.54) is 18.2 Å². The average Bonchev–Trinajstić information content (AvgIpc) is 3.34. The predicted octanol–water partition coefficient (Wildman–Crippen LogP) is 4.72. The summed E-state index contributed by atoms with van der Waals surface area (Å²) >= 11 is 0. The summed E-state index contributed by atoms with van der Waals surface area (Å²) in [6, 6.07) is 6.13. The van der Waals surface area contributed by atoms with Crippen LogP contribution in [0.3, 0.4) is 0 Å². The zero-order valence-corrected chi connectivity index (χ0v) is 22.4. The third-order valence-corrected chi connectivity index (χ3v) is 5.22. The van der Waals surface area contributed by atoms with Gasteiger partial charge in [0.2, 0.25) is 11.9 Å². The number of anilines is 6. The van der Waals surface area contributed by atoms with Crippen LogP contribution in [0.15, 0.2) is 67.9 Å². The second kappa shape index (κ2) is 13.2. The normalized spacial score (nSPS) is 10.6. The molecule has 16 heteroatoms. The molecule has 4 rings (SSSR count). The van der Waals surface area contributed by atoms with Gasteiger partial charge >= 0.3 is 12.1 Å². The van der Waals surface area contributed by atoms with E-state index in [9.17, 15) is 22.4 Å². The Balaban J connectivity index is 0.000000616. The number of hydrogen-bond acceptors (Lipinski definition) is 9. The van der Waals surface area contributed by atoms with Crippen LogP contribution in [0.1, 0.15) is 0 Å². The predicted molar refractivity (Wildman–Crippen MR) is 148 cm³/mol. The number of aliphatic carboxylic acids is 1. The summed E-state index contributed by atoms with van der Waals surface area (Å²) in [5.41, 5.74) is 3.45. The third kappa shape index (κ3) is 8.48. The van der Waals surface area contributed by atoms with Crippen LogP contribution in [0.25, 0.3) is 11.1 Å². The highest BCUT2D eigenvalue weighted by molar-refractivity contribution is 5.99. The van der Waals surface area contributed by atoms with Crippen molar-refractivity contribution in [3.63, 3.8) is 0 Å². The van der Waals surface area contributed by atoms with Crippen molar-refractivity contribution >= 4 is 46.4 Å². The summed E-state index contributed by atoms with van der Waals surface area (Å²) in [6.45, 7) is 3.43. The number of nitrogens with one attached hydrogen (secondary N) is 3. The van der Waals surface area contributed by atoms with Gasteiger partial charge in [-0.15, -0.1) is 0 Å². The molecule has 0 spiro atoms. The van der Waals surface area contributed by atoms with Gasteiger partial charge in [-0.1, -0.05) is 6.58 Å². The molecule has 0 aliphatic heterocycles. The highest BCUT2D eigenvalue weighted by atomic mass is 19.4. The second-order valence-electron chi connectivity index (χ2n) is 8.63. The Morgan fingerprint density at radius 3 is 2.38 bits per heavy atom. The van der Waals surface area contributed by atoms with Crippen molar-refractivity contribution in [2.75, 3.05) is 34.9 Å². The van der Waals surface area contributed by atoms with Gasteiger partial charge < -0.3 is 26.0 Å². The third-order valence-electron chi connectivity index (χ3n) is 5.22. The van der Waals surface area contributed by atoms with Crippen molar-refractivity contribution in [1.29, 1.82) is 0 Å². The van der Waals surface area contributed by atoms with Crippen molar-refractivity contribution < 1.29 is 32.3 Å². The van der Waals surface area contributed by atoms with Crippen LogP contribution in [-0.2, 0) is 16.6 Å².